The number of hydrogen-bond acceptors (Lipinski definition) is 7. The van der Waals surface area contributed by atoms with Crippen molar-refractivity contribution in [2.45, 2.75) is 13.8 Å². The summed E-state index contributed by atoms with van der Waals surface area (Å²) in [5, 5.41) is 16.6. The number of carbonyl (C=O) groups excluding carboxylic acids is 3. The quantitative estimate of drug-likeness (QED) is 0.221. The van der Waals surface area contributed by atoms with E-state index in [2.05, 4.69) is 4.74 Å². The van der Waals surface area contributed by atoms with E-state index in [4.69, 9.17) is 15.3 Å². The van der Waals surface area contributed by atoms with Gasteiger partial charge in [-0.1, -0.05) is 60.7 Å². The number of hydrogen-bond donors (Lipinski definition) is 0. The van der Waals surface area contributed by atoms with Gasteiger partial charge in [0.25, 0.3) is 0 Å². The van der Waals surface area contributed by atoms with Gasteiger partial charge in [0.2, 0.25) is 0 Å². The van der Waals surface area contributed by atoms with Crippen LogP contribution in [0, 0.1) is 29.1 Å². The Kier molecular flexibility index (Phi) is 18.5. The monoisotopic (exact) mass is 437 g/mol. The first kappa shape index (κ1) is 29.8. The van der Waals surface area contributed by atoms with Crippen molar-refractivity contribution < 1.29 is 29.3 Å². The first-order chi connectivity index (χ1) is 15.0. The van der Waals surface area contributed by atoms with Gasteiger partial charge in [-0.05, 0) is 25.5 Å². The summed E-state index contributed by atoms with van der Waals surface area (Å²) in [7, 11) is 0. The number of nitrogens with zero attached hydrogens (tertiary/aromatic N) is 2. The lowest BCUT2D eigenvalue weighted by atomic mass is 10.1. The molecule has 0 saturated heterocycles. The third kappa shape index (κ3) is 14.6. The molecule has 0 spiro atoms. The molecular formula is C24H25N2O6+. The molecule has 0 unspecified atom stereocenters. The molecule has 0 fully saturated rings. The van der Waals surface area contributed by atoms with Crippen molar-refractivity contribution in [2.75, 3.05) is 13.2 Å². The van der Waals surface area contributed by atoms with Crippen LogP contribution >= 0.6 is 0 Å². The first-order valence-corrected chi connectivity index (χ1v) is 9.26. The zero-order chi connectivity index (χ0) is 23.3. The van der Waals surface area contributed by atoms with Gasteiger partial charge in [0.05, 0.1) is 13.2 Å². The van der Waals surface area contributed by atoms with E-state index in [1.807, 2.05) is 54.6 Å². The van der Waals surface area contributed by atoms with Crippen LogP contribution in [0.4, 0.5) is 0 Å². The third-order valence-corrected chi connectivity index (χ3v) is 3.13. The Morgan fingerprint density at radius 3 is 1.78 bits per heavy atom. The molecule has 0 aliphatic heterocycles. The summed E-state index contributed by atoms with van der Waals surface area (Å²) >= 11 is 0. The van der Waals surface area contributed by atoms with Gasteiger partial charge >= 0.3 is 24.4 Å². The Morgan fingerprint density at radius 2 is 1.41 bits per heavy atom. The number of carbonyl (C=O) groups is 3. The maximum atomic E-state index is 11.3. The number of esters is 2. The Hall–Kier alpha value is -4.40. The second-order valence-electron chi connectivity index (χ2n) is 5.35. The van der Waals surface area contributed by atoms with Gasteiger partial charge in [0, 0.05) is 5.56 Å². The van der Waals surface area contributed by atoms with Gasteiger partial charge in [-0.3, -0.25) is 4.79 Å². The highest BCUT2D eigenvalue weighted by atomic mass is 16.5. The summed E-state index contributed by atoms with van der Waals surface area (Å²) in [6.45, 7) is 3.97. The molecule has 0 bridgehead atoms. The molecular weight excluding hydrogens is 412 g/mol. The third-order valence-electron chi connectivity index (χ3n) is 3.13. The molecule has 0 amide bonds. The largest absolute Gasteiger partial charge is 0.514 e. The predicted octanol–water partition coefficient (Wildman–Crippen LogP) is 3.11. The fraction of sp³-hybridized carbons (Fsp3) is 0.167. The molecule has 0 heterocycles. The molecule has 0 aliphatic rings. The van der Waals surface area contributed by atoms with E-state index in [1.54, 1.807) is 32.0 Å². The number of benzene rings is 2. The van der Waals surface area contributed by atoms with Crippen LogP contribution in [0.1, 0.15) is 29.8 Å². The molecule has 8 heteroatoms. The van der Waals surface area contributed by atoms with E-state index in [9.17, 15) is 14.4 Å². The molecule has 32 heavy (non-hydrogen) atoms. The van der Waals surface area contributed by atoms with Crippen molar-refractivity contribution in [3.05, 3.63) is 83.8 Å². The van der Waals surface area contributed by atoms with Gasteiger partial charge in [0.1, 0.15) is 17.9 Å². The summed E-state index contributed by atoms with van der Waals surface area (Å²) in [5.41, 5.74) is 1.55. The standard InChI is InChI=1S/C12H11NO2.C7H6O.C5H6NO2.H2O/c1-2-15-12(14)11(9-13)8-10-6-4-3-5-7-10;8-6-7-4-2-1-3-5-7;1-2-8-5(7)3-4-6;/h3-8H,2H2,1H3;1-6H;3H,2H2,1H3;1H2/q;;+1;/b11-8+;;;. The van der Waals surface area contributed by atoms with Crippen molar-refractivity contribution in [1.29, 1.82) is 10.5 Å². The molecule has 166 valence electrons. The summed E-state index contributed by atoms with van der Waals surface area (Å²) in [4.78, 5) is 31.4. The highest BCUT2D eigenvalue weighted by Gasteiger charge is 2.11. The van der Waals surface area contributed by atoms with Crippen LogP contribution in [0.5, 0.6) is 0 Å². The second-order valence-corrected chi connectivity index (χ2v) is 5.35. The molecule has 8 nitrogen and oxygen atoms in total. The number of rotatable bonds is 6. The van der Waals surface area contributed by atoms with Crippen molar-refractivity contribution in [2.24, 2.45) is 0 Å². The predicted molar refractivity (Wildman–Crippen MR) is 119 cm³/mol. The lowest BCUT2D eigenvalue weighted by Gasteiger charge is -1.99. The maximum absolute atomic E-state index is 11.3. The number of ether oxygens (including phenoxy) is 2. The summed E-state index contributed by atoms with van der Waals surface area (Å²) in [6.07, 6.45) is 3.17. The van der Waals surface area contributed by atoms with E-state index in [-0.39, 0.29) is 17.7 Å². The van der Waals surface area contributed by atoms with Crippen LogP contribution in [0.3, 0.4) is 0 Å². The summed E-state index contributed by atoms with van der Waals surface area (Å²) in [5.74, 6) is -1.15. The molecule has 0 radical (unpaired) electrons. The minimum atomic E-state index is -0.580. The fourth-order valence-corrected chi connectivity index (χ4v) is 1.83. The second kappa shape index (κ2) is 19.9. The van der Waals surface area contributed by atoms with Crippen LogP contribution in [-0.4, -0.2) is 36.9 Å². The number of nitriles is 2. The molecule has 2 rings (SSSR count). The molecule has 0 aromatic heterocycles. The minimum Gasteiger partial charge on any atom is -0.462 e. The Morgan fingerprint density at radius 1 is 0.906 bits per heavy atom. The van der Waals surface area contributed by atoms with E-state index in [0.29, 0.717) is 6.61 Å². The highest BCUT2D eigenvalue weighted by Crippen LogP contribution is 2.07. The van der Waals surface area contributed by atoms with Crippen molar-refractivity contribution >= 4 is 24.3 Å². The van der Waals surface area contributed by atoms with Crippen molar-refractivity contribution in [3.63, 3.8) is 0 Å². The molecule has 2 aromatic rings. The highest BCUT2D eigenvalue weighted by molar-refractivity contribution is 5.97. The molecule has 0 saturated carbocycles. The minimum absolute atomic E-state index is 0. The lowest BCUT2D eigenvalue weighted by Crippen LogP contribution is -2.05. The molecule has 0 atom stereocenters. The summed E-state index contributed by atoms with van der Waals surface area (Å²) < 4.78 is 9.10. The Balaban J connectivity index is 0. The topological polar surface area (TPSA) is 149 Å². The maximum Gasteiger partial charge on any atom is 0.514 e. The van der Waals surface area contributed by atoms with Crippen LogP contribution in [0.2, 0.25) is 0 Å². The molecule has 2 aromatic carbocycles. The normalized spacial score (nSPS) is 8.81. The van der Waals surface area contributed by atoms with Gasteiger partial charge in [-0.15, -0.1) is 5.26 Å². The first-order valence-electron chi connectivity index (χ1n) is 9.26. The van der Waals surface area contributed by atoms with Crippen molar-refractivity contribution in [3.8, 4) is 12.1 Å². The lowest BCUT2D eigenvalue weighted by molar-refractivity contribution is -0.139. The zero-order valence-corrected chi connectivity index (χ0v) is 17.9. The van der Waals surface area contributed by atoms with Gasteiger partial charge in [-0.2, -0.15) is 10.1 Å². The van der Waals surface area contributed by atoms with Crippen molar-refractivity contribution in [1.82, 2.24) is 0 Å². The van der Waals surface area contributed by atoms with Crippen LogP contribution < -0.4 is 0 Å². The number of aldehydes is 1. The van der Waals surface area contributed by atoms with Gasteiger partial charge in [-0.25, -0.2) is 4.79 Å². The van der Waals surface area contributed by atoms with Gasteiger partial charge in [0.15, 0.2) is 0 Å². The zero-order valence-electron chi connectivity index (χ0n) is 17.9. The average Bonchev–Trinajstić information content (AvgIpc) is 2.80. The average molecular weight is 437 g/mol. The van der Waals surface area contributed by atoms with E-state index < -0.39 is 11.9 Å². The van der Waals surface area contributed by atoms with Gasteiger partial charge < -0.3 is 14.9 Å². The Bertz CT molecular complexity index is 913. The van der Waals surface area contributed by atoms with E-state index >= 15 is 0 Å². The smallest absolute Gasteiger partial charge is 0.462 e. The molecule has 2 N–H and O–H groups in total. The van der Waals surface area contributed by atoms with Crippen LogP contribution in [0.25, 0.3) is 6.08 Å². The SMILES string of the molecule is CCOC(=O)/C(C#N)=C/c1ccccc1.CCOC(=O)[CH+]C#N.O.O=Cc1ccccc1. The Labute approximate surface area is 187 Å². The van der Waals surface area contributed by atoms with E-state index in [1.165, 1.54) is 6.08 Å². The van der Waals surface area contributed by atoms with Crippen LogP contribution in [0.15, 0.2) is 66.2 Å². The fourth-order valence-electron chi connectivity index (χ4n) is 1.83. The summed E-state index contributed by atoms with van der Waals surface area (Å²) in [6, 6.07) is 21.7. The van der Waals surface area contributed by atoms with E-state index in [0.717, 1.165) is 23.8 Å². The molecule has 0 aliphatic carbocycles. The van der Waals surface area contributed by atoms with Crippen LogP contribution in [-0.2, 0) is 19.1 Å².